The second-order valence-corrected chi connectivity index (χ2v) is 5.15. The Kier molecular flexibility index (Phi) is 3.93. The molecule has 1 amide bonds. The maximum absolute atomic E-state index is 12.6. The van der Waals surface area contributed by atoms with Crippen molar-refractivity contribution in [2.75, 3.05) is 13.1 Å². The molecule has 20 heavy (non-hydrogen) atoms. The minimum absolute atomic E-state index is 0.00812. The van der Waals surface area contributed by atoms with Crippen LogP contribution < -0.4 is 5.73 Å². The van der Waals surface area contributed by atoms with Crippen LogP contribution >= 0.6 is 11.6 Å². The van der Waals surface area contributed by atoms with Gasteiger partial charge in [0.05, 0.1) is 5.56 Å². The van der Waals surface area contributed by atoms with Gasteiger partial charge in [-0.05, 0) is 25.0 Å². The van der Waals surface area contributed by atoms with Gasteiger partial charge in [0.15, 0.2) is 0 Å². The van der Waals surface area contributed by atoms with Crippen LogP contribution in [0.15, 0.2) is 6.07 Å². The summed E-state index contributed by atoms with van der Waals surface area (Å²) in [4.78, 5) is 17.0. The lowest BCUT2D eigenvalue weighted by Crippen LogP contribution is -2.32. The Morgan fingerprint density at radius 1 is 1.55 bits per heavy atom. The van der Waals surface area contributed by atoms with Crippen LogP contribution in [0.1, 0.15) is 28.0 Å². The van der Waals surface area contributed by atoms with Crippen molar-refractivity contribution in [2.24, 2.45) is 5.73 Å². The summed E-state index contributed by atoms with van der Waals surface area (Å²) in [6.07, 6.45) is -3.93. The van der Waals surface area contributed by atoms with E-state index in [0.29, 0.717) is 19.5 Å². The molecule has 0 radical (unpaired) electrons. The fourth-order valence-corrected chi connectivity index (χ4v) is 2.49. The van der Waals surface area contributed by atoms with Crippen molar-refractivity contribution in [3.63, 3.8) is 0 Å². The van der Waals surface area contributed by atoms with Crippen molar-refractivity contribution < 1.29 is 18.0 Å². The third kappa shape index (κ3) is 2.88. The van der Waals surface area contributed by atoms with E-state index in [1.165, 1.54) is 11.8 Å². The highest BCUT2D eigenvalue weighted by atomic mass is 35.5. The van der Waals surface area contributed by atoms with Crippen molar-refractivity contribution in [2.45, 2.75) is 25.6 Å². The number of nitrogens with two attached hydrogens (primary N) is 1. The van der Waals surface area contributed by atoms with Gasteiger partial charge in [-0.25, -0.2) is 4.98 Å². The first kappa shape index (κ1) is 15.1. The lowest BCUT2D eigenvalue weighted by molar-refractivity contribution is -0.141. The molecule has 110 valence electrons. The van der Waals surface area contributed by atoms with Crippen LogP contribution in [0.4, 0.5) is 13.2 Å². The summed E-state index contributed by atoms with van der Waals surface area (Å²) in [5.41, 5.74) is 4.77. The number of nitrogens with zero attached hydrogens (tertiary/aromatic N) is 2. The van der Waals surface area contributed by atoms with Gasteiger partial charge in [0.25, 0.3) is 5.91 Å². The number of halogens is 4. The zero-order chi connectivity index (χ0) is 15.1. The van der Waals surface area contributed by atoms with E-state index in [1.54, 1.807) is 0 Å². The Bertz CT molecular complexity index is 524. The third-order valence-corrected chi connectivity index (χ3v) is 3.46. The Morgan fingerprint density at radius 2 is 2.20 bits per heavy atom. The lowest BCUT2D eigenvalue weighted by atomic mass is 10.1. The molecule has 1 aliphatic rings. The van der Waals surface area contributed by atoms with Gasteiger partial charge < -0.3 is 10.6 Å². The normalized spacial score (nSPS) is 19.5. The molecule has 1 atom stereocenters. The Labute approximate surface area is 118 Å². The molecular weight excluding hydrogens is 295 g/mol. The standard InChI is InChI=1S/C12H13ClF3N3O/c1-6-4-8(12(14,15)16)18-10(13)9(6)11(20)19-3-2-7(17)5-19/h4,7H,2-3,5,17H2,1H3. The van der Waals surface area contributed by atoms with Gasteiger partial charge in [-0.15, -0.1) is 0 Å². The number of hydrogen-bond acceptors (Lipinski definition) is 3. The number of rotatable bonds is 1. The molecule has 2 heterocycles. The Morgan fingerprint density at radius 3 is 2.65 bits per heavy atom. The van der Waals surface area contributed by atoms with Crippen LogP contribution in [0.2, 0.25) is 5.15 Å². The number of carbonyl (C=O) groups is 1. The molecule has 0 bridgehead atoms. The monoisotopic (exact) mass is 307 g/mol. The first-order valence-corrected chi connectivity index (χ1v) is 6.37. The average molecular weight is 308 g/mol. The molecule has 0 aliphatic carbocycles. The summed E-state index contributed by atoms with van der Waals surface area (Å²) in [6.45, 7) is 2.25. The van der Waals surface area contributed by atoms with Gasteiger partial charge in [0.2, 0.25) is 0 Å². The predicted octanol–water partition coefficient (Wildman–Crippen LogP) is 2.24. The number of hydrogen-bond donors (Lipinski definition) is 1. The van der Waals surface area contributed by atoms with Crippen molar-refractivity contribution in [1.82, 2.24) is 9.88 Å². The van der Waals surface area contributed by atoms with Crippen molar-refractivity contribution >= 4 is 17.5 Å². The minimum Gasteiger partial charge on any atom is -0.337 e. The maximum Gasteiger partial charge on any atom is 0.433 e. The molecule has 0 spiro atoms. The summed E-state index contributed by atoms with van der Waals surface area (Å²) in [5, 5.41) is -0.428. The quantitative estimate of drug-likeness (QED) is 0.809. The molecule has 1 fully saturated rings. The van der Waals surface area contributed by atoms with E-state index >= 15 is 0 Å². The summed E-state index contributed by atoms with van der Waals surface area (Å²) in [6, 6.07) is 0.718. The van der Waals surface area contributed by atoms with E-state index < -0.39 is 22.9 Å². The van der Waals surface area contributed by atoms with Crippen LogP contribution in [0, 0.1) is 6.92 Å². The second kappa shape index (κ2) is 5.21. The summed E-state index contributed by atoms with van der Waals surface area (Å²) in [5.74, 6) is -0.429. The summed E-state index contributed by atoms with van der Waals surface area (Å²) >= 11 is 5.76. The van der Waals surface area contributed by atoms with E-state index in [-0.39, 0.29) is 17.2 Å². The molecule has 8 heteroatoms. The number of aromatic nitrogens is 1. The molecule has 1 saturated heterocycles. The molecule has 1 aromatic heterocycles. The van der Waals surface area contributed by atoms with E-state index in [4.69, 9.17) is 17.3 Å². The average Bonchev–Trinajstić information content (AvgIpc) is 2.73. The predicted molar refractivity (Wildman–Crippen MR) is 67.5 cm³/mol. The van der Waals surface area contributed by atoms with Crippen molar-refractivity contribution in [3.8, 4) is 0 Å². The van der Waals surface area contributed by atoms with Crippen LogP contribution in [0.5, 0.6) is 0 Å². The molecule has 1 aliphatic heterocycles. The number of likely N-dealkylation sites (tertiary alicyclic amines) is 1. The SMILES string of the molecule is Cc1cc(C(F)(F)F)nc(Cl)c1C(=O)N1CCC(N)C1. The number of pyridine rings is 1. The van der Waals surface area contributed by atoms with Crippen LogP contribution in [-0.2, 0) is 6.18 Å². The Hall–Kier alpha value is -1.34. The summed E-state index contributed by atoms with van der Waals surface area (Å²) in [7, 11) is 0. The van der Waals surface area contributed by atoms with Crippen molar-refractivity contribution in [3.05, 3.63) is 28.0 Å². The van der Waals surface area contributed by atoms with Crippen LogP contribution in [0.25, 0.3) is 0 Å². The van der Waals surface area contributed by atoms with Gasteiger partial charge in [-0.2, -0.15) is 13.2 Å². The highest BCUT2D eigenvalue weighted by molar-refractivity contribution is 6.32. The fraction of sp³-hybridized carbons (Fsp3) is 0.500. The van der Waals surface area contributed by atoms with E-state index in [2.05, 4.69) is 4.98 Å². The molecule has 1 unspecified atom stereocenters. The van der Waals surface area contributed by atoms with Crippen LogP contribution in [0.3, 0.4) is 0 Å². The first-order chi connectivity index (χ1) is 9.20. The second-order valence-electron chi connectivity index (χ2n) is 4.79. The largest absolute Gasteiger partial charge is 0.433 e. The van der Waals surface area contributed by atoms with Gasteiger partial charge in [-0.1, -0.05) is 11.6 Å². The molecule has 0 saturated carbocycles. The number of amides is 1. The van der Waals surface area contributed by atoms with E-state index in [0.717, 1.165) is 6.07 Å². The van der Waals surface area contributed by atoms with Gasteiger partial charge in [-0.3, -0.25) is 4.79 Å². The number of aryl methyl sites for hydroxylation is 1. The molecular formula is C12H13ClF3N3O. The fourth-order valence-electron chi connectivity index (χ4n) is 2.17. The topological polar surface area (TPSA) is 59.2 Å². The zero-order valence-corrected chi connectivity index (χ0v) is 11.4. The summed E-state index contributed by atoms with van der Waals surface area (Å²) < 4.78 is 37.8. The minimum atomic E-state index is -4.59. The molecule has 2 N–H and O–H groups in total. The van der Waals surface area contributed by atoms with Crippen LogP contribution in [-0.4, -0.2) is 34.9 Å². The van der Waals surface area contributed by atoms with Crippen molar-refractivity contribution in [1.29, 1.82) is 0 Å². The smallest absolute Gasteiger partial charge is 0.337 e. The highest BCUT2D eigenvalue weighted by Gasteiger charge is 2.35. The van der Waals surface area contributed by atoms with Gasteiger partial charge in [0.1, 0.15) is 10.8 Å². The molecule has 0 aromatic carbocycles. The van der Waals surface area contributed by atoms with E-state index in [1.807, 2.05) is 0 Å². The number of alkyl halides is 3. The molecule has 4 nitrogen and oxygen atoms in total. The zero-order valence-electron chi connectivity index (χ0n) is 10.7. The molecule has 2 rings (SSSR count). The first-order valence-electron chi connectivity index (χ1n) is 5.99. The van der Waals surface area contributed by atoms with Gasteiger partial charge in [0, 0.05) is 19.1 Å². The molecule has 1 aromatic rings. The van der Waals surface area contributed by atoms with E-state index in [9.17, 15) is 18.0 Å². The maximum atomic E-state index is 12.6. The van der Waals surface area contributed by atoms with Gasteiger partial charge >= 0.3 is 6.18 Å². The third-order valence-electron chi connectivity index (χ3n) is 3.19. The number of carbonyl (C=O) groups excluding carboxylic acids is 1. The lowest BCUT2D eigenvalue weighted by Gasteiger charge is -2.18. The Balaban J connectivity index is 2.36. The highest BCUT2D eigenvalue weighted by Crippen LogP contribution is 2.31.